The molecule has 0 bridgehead atoms. The fourth-order valence-electron chi connectivity index (χ4n) is 2.40. The van der Waals surface area contributed by atoms with Crippen LogP contribution in [0.25, 0.3) is 0 Å². The maximum absolute atomic E-state index is 12.0. The van der Waals surface area contributed by atoms with Gasteiger partial charge in [-0.3, -0.25) is 14.6 Å². The molecule has 0 unspecified atom stereocenters. The van der Waals surface area contributed by atoms with Crippen LogP contribution >= 0.6 is 12.4 Å². The average molecular weight is 348 g/mol. The molecule has 7 heteroatoms. The maximum Gasteiger partial charge on any atom is 0.264 e. The van der Waals surface area contributed by atoms with Crippen LogP contribution < -0.4 is 15.0 Å². The summed E-state index contributed by atoms with van der Waals surface area (Å²) in [4.78, 5) is 29.1. The normalized spacial score (nSPS) is 12.7. The van der Waals surface area contributed by atoms with Crippen LogP contribution in [0, 0.1) is 0 Å². The average Bonchev–Trinajstić information content (AvgIpc) is 2.59. The zero-order chi connectivity index (χ0) is 16.2. The molecule has 1 aliphatic rings. The quantitative estimate of drug-likeness (QED) is 0.916. The van der Waals surface area contributed by atoms with Crippen LogP contribution in [-0.4, -0.2) is 37.0 Å². The number of nitrogens with one attached hydrogen (secondary N) is 1. The maximum atomic E-state index is 12.0. The Hall–Kier alpha value is -2.60. The first-order chi connectivity index (χ1) is 11.1. The lowest BCUT2D eigenvalue weighted by atomic mass is 10.1. The highest BCUT2D eigenvalue weighted by Gasteiger charge is 2.22. The number of benzene rings is 1. The number of pyridine rings is 1. The zero-order valence-electron chi connectivity index (χ0n) is 13.2. The van der Waals surface area contributed by atoms with Gasteiger partial charge >= 0.3 is 0 Å². The van der Waals surface area contributed by atoms with Crippen LogP contribution in [-0.2, 0) is 11.2 Å². The first kappa shape index (κ1) is 17.7. The third-order valence-electron chi connectivity index (χ3n) is 3.75. The third kappa shape index (κ3) is 3.83. The van der Waals surface area contributed by atoms with Crippen molar-refractivity contribution in [2.75, 3.05) is 25.1 Å². The summed E-state index contributed by atoms with van der Waals surface area (Å²) < 4.78 is 5.39. The minimum absolute atomic E-state index is 0. The van der Waals surface area contributed by atoms with E-state index in [1.165, 1.54) is 0 Å². The summed E-state index contributed by atoms with van der Waals surface area (Å²) in [5, 5.41) is 2.87. The molecule has 2 heterocycles. The molecular formula is C17H18ClN3O3. The van der Waals surface area contributed by atoms with Gasteiger partial charge in [-0.25, -0.2) is 0 Å². The predicted octanol–water partition coefficient (Wildman–Crippen LogP) is 1.83. The van der Waals surface area contributed by atoms with Gasteiger partial charge in [0, 0.05) is 31.5 Å². The number of hydrogen-bond donors (Lipinski definition) is 1. The molecule has 24 heavy (non-hydrogen) atoms. The molecule has 0 spiro atoms. The summed E-state index contributed by atoms with van der Waals surface area (Å²) in [7, 11) is 1.73. The number of nitrogens with zero attached hydrogens (tertiary/aromatic N) is 2. The van der Waals surface area contributed by atoms with E-state index >= 15 is 0 Å². The molecule has 0 fully saturated rings. The Morgan fingerprint density at radius 3 is 2.79 bits per heavy atom. The molecule has 1 N–H and O–H groups in total. The van der Waals surface area contributed by atoms with Crippen molar-refractivity contribution in [3.63, 3.8) is 0 Å². The largest absolute Gasteiger partial charge is 0.482 e. The van der Waals surface area contributed by atoms with Gasteiger partial charge in [-0.1, -0.05) is 6.07 Å². The number of hydrogen-bond acceptors (Lipinski definition) is 4. The molecule has 126 valence electrons. The Labute approximate surface area is 146 Å². The van der Waals surface area contributed by atoms with Crippen molar-refractivity contribution in [2.24, 2.45) is 0 Å². The molecule has 2 amide bonds. The topological polar surface area (TPSA) is 71.5 Å². The van der Waals surface area contributed by atoms with E-state index in [4.69, 9.17) is 4.74 Å². The molecule has 3 rings (SSSR count). The third-order valence-corrected chi connectivity index (χ3v) is 3.75. The van der Waals surface area contributed by atoms with Crippen molar-refractivity contribution in [1.29, 1.82) is 0 Å². The van der Waals surface area contributed by atoms with E-state index in [0.717, 1.165) is 11.3 Å². The summed E-state index contributed by atoms with van der Waals surface area (Å²) >= 11 is 0. The van der Waals surface area contributed by atoms with Gasteiger partial charge in [0.25, 0.3) is 11.8 Å². The molecule has 0 aliphatic carbocycles. The lowest BCUT2D eigenvalue weighted by molar-refractivity contribution is -0.120. The minimum Gasteiger partial charge on any atom is -0.482 e. The molecule has 1 aromatic carbocycles. The van der Waals surface area contributed by atoms with E-state index < -0.39 is 0 Å². The lowest BCUT2D eigenvalue weighted by Crippen LogP contribution is -2.35. The Kier molecular flexibility index (Phi) is 5.76. The van der Waals surface area contributed by atoms with Gasteiger partial charge in [0.2, 0.25) is 0 Å². The van der Waals surface area contributed by atoms with Crippen LogP contribution in [0.4, 0.5) is 5.69 Å². The fourth-order valence-corrected chi connectivity index (χ4v) is 2.40. The molecule has 0 saturated heterocycles. The van der Waals surface area contributed by atoms with E-state index in [1.54, 1.807) is 36.5 Å². The fraction of sp³-hybridized carbons (Fsp3) is 0.235. The highest BCUT2D eigenvalue weighted by atomic mass is 35.5. The van der Waals surface area contributed by atoms with Crippen molar-refractivity contribution in [3.8, 4) is 5.75 Å². The molecule has 0 saturated carbocycles. The number of carbonyl (C=O) groups excluding carboxylic acids is 2. The standard InChI is InChI=1S/C17H17N3O3.ClH/c1-20-14-10-12(2-3-15(14)23-11-16(20)21)4-9-19-17(22)13-5-7-18-8-6-13;/h2-3,5-8,10H,4,9,11H2,1H3,(H,19,22);1H. The molecule has 2 aromatic rings. The van der Waals surface area contributed by atoms with E-state index in [1.807, 2.05) is 18.2 Å². The van der Waals surface area contributed by atoms with Gasteiger partial charge in [-0.15, -0.1) is 12.4 Å². The number of ether oxygens (including phenoxy) is 1. The summed E-state index contributed by atoms with van der Waals surface area (Å²) in [5.41, 5.74) is 2.38. The Morgan fingerprint density at radius 1 is 1.29 bits per heavy atom. The summed E-state index contributed by atoms with van der Waals surface area (Å²) in [5.74, 6) is 0.512. The Balaban J connectivity index is 0.00000208. The van der Waals surface area contributed by atoms with E-state index in [-0.39, 0.29) is 30.8 Å². The van der Waals surface area contributed by atoms with Gasteiger partial charge < -0.3 is 15.0 Å². The van der Waals surface area contributed by atoms with Crippen LogP contribution in [0.2, 0.25) is 0 Å². The number of fused-ring (bicyclic) bond motifs is 1. The summed E-state index contributed by atoms with van der Waals surface area (Å²) in [6, 6.07) is 9.07. The van der Waals surface area contributed by atoms with E-state index in [0.29, 0.717) is 24.3 Å². The highest BCUT2D eigenvalue weighted by Crippen LogP contribution is 2.31. The molecule has 1 aliphatic heterocycles. The first-order valence-electron chi connectivity index (χ1n) is 7.35. The van der Waals surface area contributed by atoms with Crippen LogP contribution in [0.3, 0.4) is 0 Å². The Morgan fingerprint density at radius 2 is 2.04 bits per heavy atom. The second-order valence-corrected chi connectivity index (χ2v) is 5.29. The van der Waals surface area contributed by atoms with E-state index in [9.17, 15) is 9.59 Å². The number of halogens is 1. The second-order valence-electron chi connectivity index (χ2n) is 5.29. The molecule has 1 aromatic heterocycles. The van der Waals surface area contributed by atoms with Crippen molar-refractivity contribution >= 4 is 29.9 Å². The van der Waals surface area contributed by atoms with Gasteiger partial charge in [-0.2, -0.15) is 0 Å². The molecular weight excluding hydrogens is 330 g/mol. The summed E-state index contributed by atoms with van der Waals surface area (Å²) in [6.07, 6.45) is 3.85. The SMILES string of the molecule is CN1C(=O)COc2ccc(CCNC(=O)c3ccncc3)cc21.Cl. The number of amides is 2. The Bertz CT molecular complexity index is 737. The monoisotopic (exact) mass is 347 g/mol. The van der Waals surface area contributed by atoms with Gasteiger partial charge in [0.1, 0.15) is 5.75 Å². The van der Waals surface area contributed by atoms with Gasteiger partial charge in [0.05, 0.1) is 5.69 Å². The number of carbonyl (C=O) groups is 2. The smallest absolute Gasteiger partial charge is 0.264 e. The van der Waals surface area contributed by atoms with Crippen molar-refractivity contribution < 1.29 is 14.3 Å². The van der Waals surface area contributed by atoms with Crippen molar-refractivity contribution in [1.82, 2.24) is 10.3 Å². The van der Waals surface area contributed by atoms with Crippen molar-refractivity contribution in [2.45, 2.75) is 6.42 Å². The number of aromatic nitrogens is 1. The van der Waals surface area contributed by atoms with Gasteiger partial charge in [0.15, 0.2) is 6.61 Å². The predicted molar refractivity (Wildman–Crippen MR) is 92.9 cm³/mol. The molecule has 0 radical (unpaired) electrons. The second kappa shape index (κ2) is 7.79. The van der Waals surface area contributed by atoms with Crippen LogP contribution in [0.5, 0.6) is 5.75 Å². The number of anilines is 1. The first-order valence-corrected chi connectivity index (χ1v) is 7.35. The van der Waals surface area contributed by atoms with Crippen LogP contribution in [0.1, 0.15) is 15.9 Å². The molecule has 6 nitrogen and oxygen atoms in total. The van der Waals surface area contributed by atoms with Crippen LogP contribution in [0.15, 0.2) is 42.7 Å². The lowest BCUT2D eigenvalue weighted by Gasteiger charge is -2.26. The zero-order valence-corrected chi connectivity index (χ0v) is 14.0. The number of likely N-dealkylation sites (N-methyl/N-ethyl adjacent to an activating group) is 1. The highest BCUT2D eigenvalue weighted by molar-refractivity contribution is 5.97. The van der Waals surface area contributed by atoms with Crippen molar-refractivity contribution in [3.05, 3.63) is 53.9 Å². The number of rotatable bonds is 4. The van der Waals surface area contributed by atoms with Gasteiger partial charge in [-0.05, 0) is 36.2 Å². The minimum atomic E-state index is -0.124. The molecule has 0 atom stereocenters. The van der Waals surface area contributed by atoms with E-state index in [2.05, 4.69) is 10.3 Å². The summed E-state index contributed by atoms with van der Waals surface area (Å²) in [6.45, 7) is 0.587.